The topological polar surface area (TPSA) is 70.1 Å². The van der Waals surface area contributed by atoms with Crippen molar-refractivity contribution in [1.29, 1.82) is 0 Å². The van der Waals surface area contributed by atoms with Gasteiger partial charge in [-0.15, -0.1) is 0 Å². The van der Waals surface area contributed by atoms with Crippen molar-refractivity contribution >= 4 is 6.09 Å². The molecule has 0 saturated heterocycles. The molecule has 1 aromatic rings. The fourth-order valence-corrected chi connectivity index (χ4v) is 2.29. The maximum absolute atomic E-state index is 10.6. The molecule has 0 aromatic carbocycles. The highest BCUT2D eigenvalue weighted by molar-refractivity contribution is 5.64. The number of carbonyl (C=O) groups is 1. The highest BCUT2D eigenvalue weighted by Crippen LogP contribution is 2.27. The van der Waals surface area contributed by atoms with E-state index in [1.54, 1.807) is 6.20 Å². The quantitative estimate of drug-likeness (QED) is 0.844. The van der Waals surface area contributed by atoms with Crippen LogP contribution in [0.15, 0.2) is 18.7 Å². The van der Waals surface area contributed by atoms with Gasteiger partial charge in [0.05, 0.1) is 6.33 Å². The molecule has 5 heteroatoms. The van der Waals surface area contributed by atoms with Crippen molar-refractivity contribution in [1.82, 2.24) is 9.55 Å². The Morgan fingerprint density at radius 2 is 2.19 bits per heavy atom. The molecule has 1 heterocycles. The summed E-state index contributed by atoms with van der Waals surface area (Å²) in [6.45, 7) is 1.00. The lowest BCUT2D eigenvalue weighted by Gasteiger charge is -2.27. The van der Waals surface area contributed by atoms with Gasteiger partial charge in [0.2, 0.25) is 0 Å². The largest absolute Gasteiger partial charge is 0.446 e. The number of rotatable bonds is 3. The van der Waals surface area contributed by atoms with E-state index in [1.165, 1.54) is 0 Å². The van der Waals surface area contributed by atoms with Crippen molar-refractivity contribution in [2.75, 3.05) is 0 Å². The lowest BCUT2D eigenvalue weighted by atomic mass is 9.87. The SMILES string of the molecule is NC(=O)OC1CCC(Cn2ccnc2)CC1. The van der Waals surface area contributed by atoms with Crippen LogP contribution in [0.5, 0.6) is 0 Å². The van der Waals surface area contributed by atoms with Gasteiger partial charge in [-0.3, -0.25) is 0 Å². The van der Waals surface area contributed by atoms with Crippen LogP contribution in [-0.2, 0) is 11.3 Å². The van der Waals surface area contributed by atoms with Crippen LogP contribution in [0.3, 0.4) is 0 Å². The highest BCUT2D eigenvalue weighted by atomic mass is 16.6. The Morgan fingerprint density at radius 1 is 1.44 bits per heavy atom. The Bertz CT molecular complexity index is 329. The number of imidazole rings is 1. The molecule has 1 aromatic heterocycles. The van der Waals surface area contributed by atoms with Gasteiger partial charge in [0.1, 0.15) is 6.10 Å². The molecule has 0 bridgehead atoms. The number of amides is 1. The van der Waals surface area contributed by atoms with Gasteiger partial charge in [0.25, 0.3) is 0 Å². The number of carbonyl (C=O) groups excluding carboxylic acids is 1. The number of hydrogen-bond donors (Lipinski definition) is 1. The van der Waals surface area contributed by atoms with Gasteiger partial charge < -0.3 is 15.0 Å². The molecule has 1 aliphatic carbocycles. The Kier molecular flexibility index (Phi) is 3.44. The van der Waals surface area contributed by atoms with Crippen molar-refractivity contribution in [2.45, 2.75) is 38.3 Å². The fraction of sp³-hybridized carbons (Fsp3) is 0.636. The van der Waals surface area contributed by atoms with Gasteiger partial charge in [-0.25, -0.2) is 9.78 Å². The second-order valence-electron chi connectivity index (χ2n) is 4.34. The van der Waals surface area contributed by atoms with Crippen LogP contribution in [0, 0.1) is 5.92 Å². The third-order valence-corrected chi connectivity index (χ3v) is 3.10. The Labute approximate surface area is 94.6 Å². The first-order valence-electron chi connectivity index (χ1n) is 5.66. The van der Waals surface area contributed by atoms with E-state index in [0.717, 1.165) is 32.2 Å². The van der Waals surface area contributed by atoms with E-state index in [1.807, 2.05) is 12.5 Å². The summed E-state index contributed by atoms with van der Waals surface area (Å²) in [7, 11) is 0. The summed E-state index contributed by atoms with van der Waals surface area (Å²) >= 11 is 0. The maximum atomic E-state index is 10.6. The van der Waals surface area contributed by atoms with Crippen molar-refractivity contribution in [2.24, 2.45) is 11.7 Å². The van der Waals surface area contributed by atoms with Crippen molar-refractivity contribution in [3.05, 3.63) is 18.7 Å². The first-order valence-corrected chi connectivity index (χ1v) is 5.66. The van der Waals surface area contributed by atoms with Gasteiger partial charge in [-0.05, 0) is 31.6 Å². The smallest absolute Gasteiger partial charge is 0.404 e. The summed E-state index contributed by atoms with van der Waals surface area (Å²) in [6.07, 6.45) is 8.98. The van der Waals surface area contributed by atoms with E-state index >= 15 is 0 Å². The van der Waals surface area contributed by atoms with E-state index < -0.39 is 6.09 Å². The maximum Gasteiger partial charge on any atom is 0.404 e. The van der Waals surface area contributed by atoms with E-state index in [4.69, 9.17) is 10.5 Å². The average Bonchev–Trinajstić information content (AvgIpc) is 2.73. The molecule has 2 N–H and O–H groups in total. The van der Waals surface area contributed by atoms with Crippen LogP contribution in [-0.4, -0.2) is 21.7 Å². The lowest BCUT2D eigenvalue weighted by Crippen LogP contribution is -2.28. The molecule has 1 aliphatic rings. The number of nitrogens with two attached hydrogens (primary N) is 1. The summed E-state index contributed by atoms with van der Waals surface area (Å²) in [4.78, 5) is 14.6. The summed E-state index contributed by atoms with van der Waals surface area (Å²) in [5.41, 5.74) is 4.99. The summed E-state index contributed by atoms with van der Waals surface area (Å²) in [5, 5.41) is 0. The molecule has 0 aliphatic heterocycles. The standard InChI is InChI=1S/C11H17N3O2/c12-11(15)16-10-3-1-9(2-4-10)7-14-6-5-13-8-14/h5-6,8-10H,1-4,7H2,(H2,12,15). The predicted molar refractivity (Wildman–Crippen MR) is 58.6 cm³/mol. The number of primary amides is 1. The van der Waals surface area contributed by atoms with Crippen molar-refractivity contribution in [3.8, 4) is 0 Å². The normalized spacial score (nSPS) is 25.2. The number of nitrogens with zero attached hydrogens (tertiary/aromatic N) is 2. The van der Waals surface area contributed by atoms with Gasteiger partial charge in [0.15, 0.2) is 0 Å². The van der Waals surface area contributed by atoms with Crippen LogP contribution in [0.25, 0.3) is 0 Å². The Hall–Kier alpha value is -1.52. The minimum absolute atomic E-state index is 0.0246. The third kappa shape index (κ3) is 2.98. The van der Waals surface area contributed by atoms with E-state index in [0.29, 0.717) is 5.92 Å². The molecule has 5 nitrogen and oxygen atoms in total. The van der Waals surface area contributed by atoms with Crippen molar-refractivity contribution in [3.63, 3.8) is 0 Å². The number of ether oxygens (including phenoxy) is 1. The van der Waals surface area contributed by atoms with Crippen LogP contribution in [0.1, 0.15) is 25.7 Å². The minimum Gasteiger partial charge on any atom is -0.446 e. The molecule has 0 radical (unpaired) electrons. The van der Waals surface area contributed by atoms with Crippen LogP contribution >= 0.6 is 0 Å². The Balaban J connectivity index is 1.75. The van der Waals surface area contributed by atoms with Crippen molar-refractivity contribution < 1.29 is 9.53 Å². The number of aromatic nitrogens is 2. The molecule has 88 valence electrons. The average molecular weight is 223 g/mol. The van der Waals surface area contributed by atoms with Gasteiger partial charge in [0, 0.05) is 18.9 Å². The molecule has 1 fully saturated rings. The van der Waals surface area contributed by atoms with E-state index in [-0.39, 0.29) is 6.10 Å². The molecular weight excluding hydrogens is 206 g/mol. The second kappa shape index (κ2) is 5.01. The molecule has 2 rings (SSSR count). The predicted octanol–water partition coefficient (Wildman–Crippen LogP) is 1.54. The summed E-state index contributed by atoms with van der Waals surface area (Å²) in [6, 6.07) is 0. The van der Waals surface area contributed by atoms with Crippen LogP contribution < -0.4 is 5.73 Å². The molecule has 1 amide bonds. The fourth-order valence-electron chi connectivity index (χ4n) is 2.29. The second-order valence-corrected chi connectivity index (χ2v) is 4.34. The molecule has 0 spiro atoms. The van der Waals surface area contributed by atoms with Gasteiger partial charge in [-0.1, -0.05) is 0 Å². The summed E-state index contributed by atoms with van der Waals surface area (Å²) in [5.74, 6) is 0.655. The zero-order chi connectivity index (χ0) is 11.4. The molecule has 0 unspecified atom stereocenters. The van der Waals surface area contributed by atoms with Crippen LogP contribution in [0.4, 0.5) is 4.79 Å². The van der Waals surface area contributed by atoms with Gasteiger partial charge in [-0.2, -0.15) is 0 Å². The first-order chi connectivity index (χ1) is 7.74. The summed E-state index contributed by atoms with van der Waals surface area (Å²) < 4.78 is 7.09. The lowest BCUT2D eigenvalue weighted by molar-refractivity contribution is 0.0686. The first kappa shape index (κ1) is 11.0. The zero-order valence-electron chi connectivity index (χ0n) is 9.21. The highest BCUT2D eigenvalue weighted by Gasteiger charge is 2.23. The van der Waals surface area contributed by atoms with Crippen LogP contribution in [0.2, 0.25) is 0 Å². The molecular formula is C11H17N3O2. The third-order valence-electron chi connectivity index (χ3n) is 3.10. The number of hydrogen-bond acceptors (Lipinski definition) is 3. The minimum atomic E-state index is -0.655. The van der Waals surface area contributed by atoms with Gasteiger partial charge >= 0.3 is 6.09 Å². The molecule has 0 atom stereocenters. The molecule has 1 saturated carbocycles. The monoisotopic (exact) mass is 223 g/mol. The molecule has 16 heavy (non-hydrogen) atoms. The Morgan fingerprint density at radius 3 is 2.75 bits per heavy atom. The zero-order valence-corrected chi connectivity index (χ0v) is 9.21. The van der Waals surface area contributed by atoms with E-state index in [9.17, 15) is 4.79 Å². The van der Waals surface area contributed by atoms with E-state index in [2.05, 4.69) is 9.55 Å².